The van der Waals surface area contributed by atoms with Gasteiger partial charge in [-0.2, -0.15) is 0 Å². The van der Waals surface area contributed by atoms with E-state index in [0.29, 0.717) is 11.6 Å². The number of benzene rings is 2. The predicted molar refractivity (Wildman–Crippen MR) is 76.6 cm³/mol. The van der Waals surface area contributed by atoms with Gasteiger partial charge in [0.15, 0.2) is 0 Å². The molecule has 0 radical (unpaired) electrons. The average Bonchev–Trinajstić information content (AvgIpc) is 2.39. The summed E-state index contributed by atoms with van der Waals surface area (Å²) in [7, 11) is 0. The number of nitro groups is 1. The molecule has 0 aromatic heterocycles. The van der Waals surface area contributed by atoms with E-state index in [2.05, 4.69) is 0 Å². The summed E-state index contributed by atoms with van der Waals surface area (Å²) in [4.78, 5) is 12.0. The van der Waals surface area contributed by atoms with E-state index in [9.17, 15) is 10.1 Å². The summed E-state index contributed by atoms with van der Waals surface area (Å²) in [6.07, 6.45) is 0. The van der Waals surface area contributed by atoms with Crippen molar-refractivity contribution >= 4 is 29.1 Å². The maximum atomic E-state index is 10.6. The van der Waals surface area contributed by atoms with Gasteiger partial charge in [-0.1, -0.05) is 29.4 Å². The Labute approximate surface area is 119 Å². The fourth-order valence-corrected chi connectivity index (χ4v) is 2.89. The minimum Gasteiger partial charge on any atom is -0.326 e. The maximum absolute atomic E-state index is 10.6. The molecule has 2 aromatic rings. The summed E-state index contributed by atoms with van der Waals surface area (Å²) < 4.78 is 0. The Morgan fingerprint density at radius 2 is 1.89 bits per heavy atom. The van der Waals surface area contributed by atoms with Crippen molar-refractivity contribution in [3.05, 3.63) is 63.2 Å². The third-order valence-electron chi connectivity index (χ3n) is 2.56. The molecule has 0 aliphatic heterocycles. The van der Waals surface area contributed by atoms with Crippen LogP contribution in [0.4, 0.5) is 5.69 Å². The van der Waals surface area contributed by atoms with Gasteiger partial charge < -0.3 is 5.73 Å². The van der Waals surface area contributed by atoms with Crippen LogP contribution in [0, 0.1) is 10.1 Å². The van der Waals surface area contributed by atoms with Crippen LogP contribution < -0.4 is 5.73 Å². The summed E-state index contributed by atoms with van der Waals surface area (Å²) in [5, 5.41) is 11.2. The van der Waals surface area contributed by atoms with Gasteiger partial charge in [-0.05, 0) is 29.8 Å². The van der Waals surface area contributed by atoms with Crippen molar-refractivity contribution in [3.8, 4) is 0 Å². The minimum absolute atomic E-state index is 0.0782. The standard InChI is InChI=1S/C13H11ClN2O2S/c14-12-2-1-3-13(11(12)8-15)19-10-6-4-9(5-7-10)16(17)18/h1-7H,8,15H2. The van der Waals surface area contributed by atoms with Crippen LogP contribution in [0.1, 0.15) is 5.56 Å². The van der Waals surface area contributed by atoms with Crippen molar-refractivity contribution in [2.45, 2.75) is 16.3 Å². The molecule has 2 rings (SSSR count). The van der Waals surface area contributed by atoms with Gasteiger partial charge in [0.25, 0.3) is 5.69 Å². The smallest absolute Gasteiger partial charge is 0.269 e. The molecule has 98 valence electrons. The van der Waals surface area contributed by atoms with E-state index in [-0.39, 0.29) is 5.69 Å². The van der Waals surface area contributed by atoms with Crippen LogP contribution in [0.5, 0.6) is 0 Å². The molecular formula is C13H11ClN2O2S. The first kappa shape index (κ1) is 13.9. The van der Waals surface area contributed by atoms with E-state index in [1.165, 1.54) is 23.9 Å². The lowest BCUT2D eigenvalue weighted by Crippen LogP contribution is -1.99. The fourth-order valence-electron chi connectivity index (χ4n) is 1.60. The molecule has 6 heteroatoms. The Balaban J connectivity index is 2.26. The minimum atomic E-state index is -0.418. The normalized spacial score (nSPS) is 10.4. The maximum Gasteiger partial charge on any atom is 0.269 e. The quantitative estimate of drug-likeness (QED) is 0.687. The first-order valence-corrected chi connectivity index (χ1v) is 6.71. The van der Waals surface area contributed by atoms with Crippen molar-refractivity contribution in [3.63, 3.8) is 0 Å². The second-order valence-corrected chi connectivity index (χ2v) is 5.30. The number of hydrogen-bond acceptors (Lipinski definition) is 4. The molecular weight excluding hydrogens is 284 g/mol. The third kappa shape index (κ3) is 3.26. The molecule has 0 aliphatic carbocycles. The lowest BCUT2D eigenvalue weighted by molar-refractivity contribution is -0.384. The van der Waals surface area contributed by atoms with Crippen molar-refractivity contribution in [1.82, 2.24) is 0 Å². The van der Waals surface area contributed by atoms with Gasteiger partial charge in [-0.3, -0.25) is 10.1 Å². The van der Waals surface area contributed by atoms with Crippen LogP contribution in [0.2, 0.25) is 5.02 Å². The molecule has 19 heavy (non-hydrogen) atoms. The zero-order chi connectivity index (χ0) is 13.8. The van der Waals surface area contributed by atoms with Crippen LogP contribution >= 0.6 is 23.4 Å². The molecule has 0 aliphatic rings. The Morgan fingerprint density at radius 3 is 2.47 bits per heavy atom. The number of nitrogens with zero attached hydrogens (tertiary/aromatic N) is 1. The molecule has 0 unspecified atom stereocenters. The van der Waals surface area contributed by atoms with Crippen molar-refractivity contribution < 1.29 is 4.92 Å². The third-order valence-corrected chi connectivity index (χ3v) is 4.02. The lowest BCUT2D eigenvalue weighted by atomic mass is 10.2. The zero-order valence-electron chi connectivity index (χ0n) is 9.88. The van der Waals surface area contributed by atoms with Gasteiger partial charge in [-0.15, -0.1) is 0 Å². The van der Waals surface area contributed by atoms with E-state index in [0.717, 1.165) is 15.4 Å². The van der Waals surface area contributed by atoms with E-state index < -0.39 is 4.92 Å². The number of nitro benzene ring substituents is 1. The molecule has 2 aromatic carbocycles. The Bertz CT molecular complexity index is 602. The van der Waals surface area contributed by atoms with E-state index >= 15 is 0 Å². The van der Waals surface area contributed by atoms with Crippen LogP contribution in [0.3, 0.4) is 0 Å². The topological polar surface area (TPSA) is 69.2 Å². The molecule has 0 saturated carbocycles. The van der Waals surface area contributed by atoms with Crippen LogP contribution in [0.25, 0.3) is 0 Å². The highest BCUT2D eigenvalue weighted by Crippen LogP contribution is 2.34. The first-order valence-electron chi connectivity index (χ1n) is 5.51. The fraction of sp³-hybridized carbons (Fsp3) is 0.0769. The molecule has 0 spiro atoms. The molecule has 0 bridgehead atoms. The highest BCUT2D eigenvalue weighted by atomic mass is 35.5. The molecule has 0 amide bonds. The molecule has 0 saturated heterocycles. The monoisotopic (exact) mass is 294 g/mol. The second-order valence-electron chi connectivity index (χ2n) is 3.77. The highest BCUT2D eigenvalue weighted by Gasteiger charge is 2.09. The van der Waals surface area contributed by atoms with Crippen molar-refractivity contribution in [2.24, 2.45) is 5.73 Å². The summed E-state index contributed by atoms with van der Waals surface area (Å²) in [5.41, 5.74) is 6.64. The lowest BCUT2D eigenvalue weighted by Gasteiger charge is -2.08. The predicted octanol–water partition coefficient (Wildman–Crippen LogP) is 3.86. The Morgan fingerprint density at radius 1 is 1.21 bits per heavy atom. The average molecular weight is 295 g/mol. The number of rotatable bonds is 4. The molecule has 2 N–H and O–H groups in total. The number of nitrogens with two attached hydrogens (primary N) is 1. The van der Waals surface area contributed by atoms with E-state index in [1.54, 1.807) is 18.2 Å². The Hall–Kier alpha value is -1.56. The second kappa shape index (κ2) is 6.06. The first-order chi connectivity index (χ1) is 9.11. The molecule has 0 atom stereocenters. The van der Waals surface area contributed by atoms with Gasteiger partial charge in [0, 0.05) is 33.5 Å². The van der Waals surface area contributed by atoms with Gasteiger partial charge in [-0.25, -0.2) is 0 Å². The van der Waals surface area contributed by atoms with Crippen molar-refractivity contribution in [2.75, 3.05) is 0 Å². The molecule has 0 heterocycles. The zero-order valence-corrected chi connectivity index (χ0v) is 11.4. The van der Waals surface area contributed by atoms with Gasteiger partial charge in [0.05, 0.1) is 4.92 Å². The van der Waals surface area contributed by atoms with Crippen LogP contribution in [-0.4, -0.2) is 4.92 Å². The summed E-state index contributed by atoms with van der Waals surface area (Å²) >= 11 is 7.57. The largest absolute Gasteiger partial charge is 0.326 e. The number of non-ortho nitro benzene ring substituents is 1. The van der Waals surface area contributed by atoms with E-state index in [4.69, 9.17) is 17.3 Å². The molecule has 4 nitrogen and oxygen atoms in total. The number of hydrogen-bond donors (Lipinski definition) is 1. The summed E-state index contributed by atoms with van der Waals surface area (Å²) in [5.74, 6) is 0. The Kier molecular flexibility index (Phi) is 4.42. The van der Waals surface area contributed by atoms with Gasteiger partial charge in [0.2, 0.25) is 0 Å². The van der Waals surface area contributed by atoms with Gasteiger partial charge >= 0.3 is 0 Å². The highest BCUT2D eigenvalue weighted by molar-refractivity contribution is 7.99. The van der Waals surface area contributed by atoms with Crippen LogP contribution in [0.15, 0.2) is 52.3 Å². The summed E-state index contributed by atoms with van der Waals surface area (Å²) in [6, 6.07) is 12.0. The molecule has 0 fully saturated rings. The van der Waals surface area contributed by atoms with E-state index in [1.807, 2.05) is 12.1 Å². The summed E-state index contributed by atoms with van der Waals surface area (Å²) in [6.45, 7) is 0.356. The van der Waals surface area contributed by atoms with Crippen LogP contribution in [-0.2, 0) is 6.54 Å². The van der Waals surface area contributed by atoms with Gasteiger partial charge in [0.1, 0.15) is 0 Å². The van der Waals surface area contributed by atoms with Crippen molar-refractivity contribution in [1.29, 1.82) is 0 Å². The SMILES string of the molecule is NCc1c(Cl)cccc1Sc1ccc([N+](=O)[O-])cc1. The number of halogens is 1.